The number of methoxy groups -OCH3 is 1. The second-order valence-electron chi connectivity index (χ2n) is 3.70. The first kappa shape index (κ1) is 12.9. The Morgan fingerprint density at radius 1 is 1.42 bits per heavy atom. The maximum absolute atomic E-state index is 11.7. The summed E-state index contributed by atoms with van der Waals surface area (Å²) in [7, 11) is 1.46. The molecule has 0 unspecified atom stereocenters. The molecular weight excluding hydrogens is 252 g/mol. The first-order chi connectivity index (χ1) is 9.08. The minimum absolute atomic E-state index is 0.0911. The van der Waals surface area contributed by atoms with E-state index < -0.39 is 22.9 Å². The number of hydrogen-bond acceptors (Lipinski definition) is 6. The number of esters is 1. The Labute approximate surface area is 108 Å². The van der Waals surface area contributed by atoms with Crippen LogP contribution in [0.1, 0.15) is 17.3 Å². The van der Waals surface area contributed by atoms with Gasteiger partial charge in [-0.3, -0.25) is 0 Å². The lowest BCUT2D eigenvalue weighted by Crippen LogP contribution is -2.16. The fraction of sp³-hybridized carbons (Fsp3) is 0.231. The molecule has 1 heterocycles. The highest BCUT2D eigenvalue weighted by atomic mass is 16.5. The lowest BCUT2D eigenvalue weighted by atomic mass is 10.1. The lowest BCUT2D eigenvalue weighted by Gasteiger charge is -2.07. The topological polar surface area (TPSA) is 86.0 Å². The fourth-order valence-electron chi connectivity index (χ4n) is 1.68. The molecule has 0 saturated carbocycles. The third-order valence-electron chi connectivity index (χ3n) is 2.56. The van der Waals surface area contributed by atoms with Crippen molar-refractivity contribution < 1.29 is 23.8 Å². The summed E-state index contributed by atoms with van der Waals surface area (Å²) in [6.45, 7) is 1.69. The molecule has 2 rings (SSSR count). The molecule has 0 fully saturated rings. The molecule has 0 radical (unpaired) electrons. The maximum atomic E-state index is 11.7. The molecule has 6 nitrogen and oxygen atoms in total. The van der Waals surface area contributed by atoms with Gasteiger partial charge in [0.15, 0.2) is 5.56 Å². The number of carbonyl (C=O) groups is 1. The first-order valence-electron chi connectivity index (χ1n) is 5.59. The predicted molar refractivity (Wildman–Crippen MR) is 66.7 cm³/mol. The second-order valence-corrected chi connectivity index (χ2v) is 3.70. The van der Waals surface area contributed by atoms with Crippen molar-refractivity contribution in [2.45, 2.75) is 6.92 Å². The summed E-state index contributed by atoms with van der Waals surface area (Å²) in [4.78, 5) is 23.3. The van der Waals surface area contributed by atoms with Crippen molar-refractivity contribution in [2.24, 2.45) is 0 Å². The number of benzene rings is 1. The Bertz CT molecular complexity index is 685. The minimum atomic E-state index is -0.936. The zero-order valence-corrected chi connectivity index (χ0v) is 10.4. The molecular formula is C13H12O6. The highest BCUT2D eigenvalue weighted by Crippen LogP contribution is 2.29. The van der Waals surface area contributed by atoms with E-state index in [0.717, 1.165) is 0 Å². The van der Waals surface area contributed by atoms with Crippen LogP contribution in [0.4, 0.5) is 0 Å². The van der Waals surface area contributed by atoms with E-state index in [0.29, 0.717) is 5.75 Å². The van der Waals surface area contributed by atoms with E-state index in [-0.39, 0.29) is 17.6 Å². The second kappa shape index (κ2) is 5.01. The van der Waals surface area contributed by atoms with Gasteiger partial charge in [-0.05, 0) is 25.1 Å². The van der Waals surface area contributed by atoms with Crippen molar-refractivity contribution in [1.82, 2.24) is 0 Å². The summed E-state index contributed by atoms with van der Waals surface area (Å²) in [6.07, 6.45) is 0. The molecule has 0 aliphatic heterocycles. The molecule has 0 atom stereocenters. The Balaban J connectivity index is 2.72. The molecule has 0 amide bonds. The smallest absolute Gasteiger partial charge is 0.354 e. The Morgan fingerprint density at radius 2 is 2.16 bits per heavy atom. The Kier molecular flexibility index (Phi) is 3.41. The van der Waals surface area contributed by atoms with Gasteiger partial charge in [-0.15, -0.1) is 0 Å². The number of aromatic hydroxyl groups is 1. The summed E-state index contributed by atoms with van der Waals surface area (Å²) in [5.41, 5.74) is -1.28. The number of ether oxygens (including phenoxy) is 2. The Morgan fingerprint density at radius 3 is 2.79 bits per heavy atom. The van der Waals surface area contributed by atoms with Crippen LogP contribution in [0.5, 0.6) is 11.5 Å². The number of fused-ring (bicyclic) bond motifs is 1. The van der Waals surface area contributed by atoms with E-state index in [4.69, 9.17) is 13.9 Å². The van der Waals surface area contributed by atoms with Gasteiger partial charge >= 0.3 is 11.6 Å². The molecule has 0 spiro atoms. The zero-order valence-electron chi connectivity index (χ0n) is 10.4. The van der Waals surface area contributed by atoms with Crippen molar-refractivity contribution >= 4 is 16.9 Å². The monoisotopic (exact) mass is 264 g/mol. The molecule has 100 valence electrons. The van der Waals surface area contributed by atoms with Gasteiger partial charge in [0, 0.05) is 0 Å². The first-order valence-corrected chi connectivity index (χ1v) is 5.59. The van der Waals surface area contributed by atoms with Crippen LogP contribution in [0, 0.1) is 0 Å². The van der Waals surface area contributed by atoms with Gasteiger partial charge in [0.05, 0.1) is 19.1 Å². The maximum Gasteiger partial charge on any atom is 0.354 e. The molecule has 0 aliphatic carbocycles. The summed E-state index contributed by atoms with van der Waals surface area (Å²) in [5.74, 6) is -0.923. The van der Waals surface area contributed by atoms with E-state index in [1.165, 1.54) is 19.2 Å². The third kappa shape index (κ3) is 2.24. The minimum Gasteiger partial charge on any atom is -0.506 e. The largest absolute Gasteiger partial charge is 0.506 e. The van der Waals surface area contributed by atoms with Crippen molar-refractivity contribution in [2.75, 3.05) is 13.7 Å². The van der Waals surface area contributed by atoms with E-state index in [1.807, 2.05) is 0 Å². The number of rotatable bonds is 3. The van der Waals surface area contributed by atoms with E-state index in [1.54, 1.807) is 13.0 Å². The Hall–Kier alpha value is -2.50. The van der Waals surface area contributed by atoms with Crippen LogP contribution in [0.2, 0.25) is 0 Å². The fourth-order valence-corrected chi connectivity index (χ4v) is 1.68. The predicted octanol–water partition coefficient (Wildman–Crippen LogP) is 1.68. The third-order valence-corrected chi connectivity index (χ3v) is 2.56. The van der Waals surface area contributed by atoms with E-state index in [9.17, 15) is 14.7 Å². The van der Waals surface area contributed by atoms with Gasteiger partial charge in [0.25, 0.3) is 0 Å². The molecule has 1 aromatic heterocycles. The van der Waals surface area contributed by atoms with Gasteiger partial charge in [-0.2, -0.15) is 0 Å². The van der Waals surface area contributed by atoms with E-state index in [2.05, 4.69) is 0 Å². The molecule has 0 saturated heterocycles. The molecule has 0 aliphatic rings. The van der Waals surface area contributed by atoms with Crippen LogP contribution >= 0.6 is 0 Å². The number of hydrogen-bond donors (Lipinski definition) is 1. The quantitative estimate of drug-likeness (QED) is 0.670. The molecule has 1 aromatic carbocycles. The molecule has 2 aromatic rings. The highest BCUT2D eigenvalue weighted by molar-refractivity contribution is 5.98. The molecule has 1 N–H and O–H groups in total. The summed E-state index contributed by atoms with van der Waals surface area (Å²) < 4.78 is 14.7. The molecule has 6 heteroatoms. The van der Waals surface area contributed by atoms with Gasteiger partial charge in [0.2, 0.25) is 0 Å². The highest BCUT2D eigenvalue weighted by Gasteiger charge is 2.22. The normalized spacial score (nSPS) is 10.4. The van der Waals surface area contributed by atoms with Crippen LogP contribution in [0.25, 0.3) is 11.0 Å². The van der Waals surface area contributed by atoms with Crippen molar-refractivity contribution in [1.29, 1.82) is 0 Å². The lowest BCUT2D eigenvalue weighted by molar-refractivity contribution is 0.0518. The summed E-state index contributed by atoms with van der Waals surface area (Å²) in [6, 6.07) is 4.52. The van der Waals surface area contributed by atoms with Crippen LogP contribution in [0.15, 0.2) is 27.4 Å². The zero-order chi connectivity index (χ0) is 14.0. The standard InChI is InChI=1S/C13H12O6/c1-3-18-12(15)10-11(14)8-6-7(17-2)4-5-9(8)19-13(10)16/h4-6,14H,3H2,1-2H3. The van der Waals surface area contributed by atoms with Crippen LogP contribution in [-0.4, -0.2) is 24.8 Å². The van der Waals surface area contributed by atoms with Crippen LogP contribution < -0.4 is 10.4 Å². The van der Waals surface area contributed by atoms with Crippen LogP contribution in [0.3, 0.4) is 0 Å². The van der Waals surface area contributed by atoms with E-state index >= 15 is 0 Å². The SMILES string of the molecule is CCOC(=O)c1c(O)c2cc(OC)ccc2oc1=O. The van der Waals surface area contributed by atoms with Crippen molar-refractivity contribution in [3.05, 3.63) is 34.2 Å². The molecule has 19 heavy (non-hydrogen) atoms. The van der Waals surface area contributed by atoms with Crippen molar-refractivity contribution in [3.8, 4) is 11.5 Å². The summed E-state index contributed by atoms with van der Waals surface area (Å²) in [5, 5.41) is 10.2. The number of carbonyl (C=O) groups excluding carboxylic acids is 1. The van der Waals surface area contributed by atoms with Crippen LogP contribution in [-0.2, 0) is 4.74 Å². The van der Waals surface area contributed by atoms with Gasteiger partial charge in [-0.25, -0.2) is 9.59 Å². The molecule has 0 bridgehead atoms. The van der Waals surface area contributed by atoms with Crippen molar-refractivity contribution in [3.63, 3.8) is 0 Å². The average Bonchev–Trinajstić information content (AvgIpc) is 2.38. The van der Waals surface area contributed by atoms with Gasteiger partial charge < -0.3 is 19.0 Å². The summed E-state index contributed by atoms with van der Waals surface area (Å²) >= 11 is 0. The average molecular weight is 264 g/mol. The van der Waals surface area contributed by atoms with Gasteiger partial charge in [-0.1, -0.05) is 0 Å². The van der Waals surface area contributed by atoms with Gasteiger partial charge in [0.1, 0.15) is 17.1 Å².